The first-order chi connectivity index (χ1) is 16.7. The molecule has 0 unspecified atom stereocenters. The van der Waals surface area contributed by atoms with E-state index in [4.69, 9.17) is 0 Å². The van der Waals surface area contributed by atoms with Gasteiger partial charge in [-0.15, -0.1) is 0 Å². The van der Waals surface area contributed by atoms with Crippen molar-refractivity contribution in [1.82, 2.24) is 5.32 Å². The predicted octanol–water partition coefficient (Wildman–Crippen LogP) is 7.78. The van der Waals surface area contributed by atoms with E-state index in [9.17, 15) is 15.0 Å². The van der Waals surface area contributed by atoms with Crippen LogP contribution in [0.2, 0.25) is 0 Å². The Labute approximate surface area is 211 Å². The van der Waals surface area contributed by atoms with E-state index < -0.39 is 12.1 Å². The number of aliphatic hydroxyl groups excluding tert-OH is 2. The highest BCUT2D eigenvalue weighted by molar-refractivity contribution is 5.76. The van der Waals surface area contributed by atoms with E-state index in [1.165, 1.54) is 103 Å². The van der Waals surface area contributed by atoms with Crippen LogP contribution in [-0.2, 0) is 4.79 Å². The third kappa shape index (κ3) is 22.7. The Morgan fingerprint density at radius 1 is 0.706 bits per heavy atom. The molecule has 2 atom stereocenters. The van der Waals surface area contributed by atoms with Crippen LogP contribution >= 0.6 is 0 Å². The van der Waals surface area contributed by atoms with E-state index in [0.29, 0.717) is 6.42 Å². The van der Waals surface area contributed by atoms with E-state index >= 15 is 0 Å². The summed E-state index contributed by atoms with van der Waals surface area (Å²) in [6.07, 6.45) is 31.1. The minimum absolute atomic E-state index is 0.0859. The number of rotatable bonds is 25. The quantitative estimate of drug-likeness (QED) is 0.0924. The zero-order valence-electron chi connectivity index (χ0n) is 22.6. The smallest absolute Gasteiger partial charge is 0.220 e. The Kier molecular flexibility index (Phi) is 25.6. The molecule has 0 aromatic heterocycles. The van der Waals surface area contributed by atoms with Gasteiger partial charge in [0.05, 0.1) is 18.8 Å². The molecule has 0 saturated carbocycles. The molecule has 1 amide bonds. The molecule has 0 fully saturated rings. The molecule has 4 heteroatoms. The van der Waals surface area contributed by atoms with Gasteiger partial charge in [0.25, 0.3) is 0 Å². The average molecular weight is 480 g/mol. The molecule has 0 bridgehead atoms. The number of carbonyl (C=O) groups excluding carboxylic acids is 1. The van der Waals surface area contributed by atoms with Crippen molar-refractivity contribution < 1.29 is 15.0 Å². The van der Waals surface area contributed by atoms with Gasteiger partial charge >= 0.3 is 0 Å². The number of amides is 1. The van der Waals surface area contributed by atoms with Crippen molar-refractivity contribution >= 4 is 5.91 Å². The van der Waals surface area contributed by atoms with Crippen LogP contribution in [0.1, 0.15) is 142 Å². The Morgan fingerprint density at radius 2 is 1.18 bits per heavy atom. The molecular formula is C30H57NO3. The number of allylic oxidation sites excluding steroid dienone is 3. The lowest BCUT2D eigenvalue weighted by molar-refractivity contribution is -0.123. The fraction of sp³-hybridized carbons (Fsp3) is 0.833. The predicted molar refractivity (Wildman–Crippen MR) is 147 cm³/mol. The highest BCUT2D eigenvalue weighted by Gasteiger charge is 2.17. The number of nitrogens with one attached hydrogen (secondary N) is 1. The van der Waals surface area contributed by atoms with Crippen molar-refractivity contribution in [2.45, 2.75) is 154 Å². The number of hydrogen-bond acceptors (Lipinski definition) is 3. The maximum absolute atomic E-state index is 12.2. The van der Waals surface area contributed by atoms with Crippen LogP contribution in [0.5, 0.6) is 0 Å². The van der Waals surface area contributed by atoms with Gasteiger partial charge in [-0.05, 0) is 19.3 Å². The lowest BCUT2D eigenvalue weighted by Crippen LogP contribution is -2.45. The second-order valence-corrected chi connectivity index (χ2v) is 9.86. The van der Waals surface area contributed by atoms with Crippen molar-refractivity contribution in [2.75, 3.05) is 6.61 Å². The summed E-state index contributed by atoms with van der Waals surface area (Å²) in [6.45, 7) is 4.22. The third-order valence-electron chi connectivity index (χ3n) is 6.49. The molecule has 0 aromatic carbocycles. The Hall–Kier alpha value is -1.13. The topological polar surface area (TPSA) is 69.6 Å². The zero-order chi connectivity index (χ0) is 25.1. The first-order valence-corrected chi connectivity index (χ1v) is 14.6. The van der Waals surface area contributed by atoms with E-state index in [1.807, 2.05) is 12.2 Å². The molecule has 0 heterocycles. The van der Waals surface area contributed by atoms with Crippen LogP contribution in [-0.4, -0.2) is 34.9 Å². The Balaban J connectivity index is 3.75. The molecule has 0 aliphatic heterocycles. The van der Waals surface area contributed by atoms with Gasteiger partial charge in [-0.25, -0.2) is 0 Å². The van der Waals surface area contributed by atoms with Gasteiger partial charge in [0.15, 0.2) is 0 Å². The maximum atomic E-state index is 12.2. The minimum Gasteiger partial charge on any atom is -0.394 e. The van der Waals surface area contributed by atoms with Gasteiger partial charge in [-0.3, -0.25) is 4.79 Å². The minimum atomic E-state index is -0.880. The van der Waals surface area contributed by atoms with Crippen LogP contribution in [0.15, 0.2) is 24.3 Å². The zero-order valence-corrected chi connectivity index (χ0v) is 22.6. The molecule has 34 heavy (non-hydrogen) atoms. The van der Waals surface area contributed by atoms with Crippen LogP contribution in [0.4, 0.5) is 0 Å². The molecule has 3 N–H and O–H groups in total. The molecule has 0 aliphatic rings. The standard InChI is InChI=1S/C30H57NO3/c1-3-5-7-9-11-13-15-16-18-20-22-24-26-30(34)31-28(27-32)29(33)25-23-21-19-17-14-12-10-8-6-4-2/h19,21,23,25,28-29,32-33H,3-18,20,22,24,26-27H2,1-2H3,(H,31,34)/b21-19+,25-23+/t28-,29+/m0/s1. The summed E-state index contributed by atoms with van der Waals surface area (Å²) < 4.78 is 0. The molecule has 0 rings (SSSR count). The van der Waals surface area contributed by atoms with Gasteiger partial charge in [0, 0.05) is 6.42 Å². The normalized spacial score (nSPS) is 13.6. The fourth-order valence-electron chi connectivity index (χ4n) is 4.17. The monoisotopic (exact) mass is 479 g/mol. The summed E-state index contributed by atoms with van der Waals surface area (Å²) in [6, 6.07) is -0.645. The van der Waals surface area contributed by atoms with Gasteiger partial charge < -0.3 is 15.5 Å². The Morgan fingerprint density at radius 3 is 1.68 bits per heavy atom. The van der Waals surface area contributed by atoms with E-state index in [0.717, 1.165) is 19.3 Å². The van der Waals surface area contributed by atoms with Gasteiger partial charge in [0.1, 0.15) is 0 Å². The molecule has 0 spiro atoms. The number of hydrogen-bond donors (Lipinski definition) is 3. The molecule has 4 nitrogen and oxygen atoms in total. The third-order valence-corrected chi connectivity index (χ3v) is 6.49. The lowest BCUT2D eigenvalue weighted by Gasteiger charge is -2.19. The van der Waals surface area contributed by atoms with Crippen LogP contribution in [0.3, 0.4) is 0 Å². The maximum Gasteiger partial charge on any atom is 0.220 e. The average Bonchev–Trinajstić information content (AvgIpc) is 2.84. The van der Waals surface area contributed by atoms with Crippen molar-refractivity contribution in [2.24, 2.45) is 0 Å². The van der Waals surface area contributed by atoms with Crippen LogP contribution in [0.25, 0.3) is 0 Å². The number of aliphatic hydroxyl groups is 2. The molecule has 0 aromatic rings. The summed E-state index contributed by atoms with van der Waals surface area (Å²) in [5, 5.41) is 22.6. The SMILES string of the molecule is CCCCCCCC/C=C/C=C/[C@@H](O)[C@H](CO)NC(=O)CCCCCCCCCCCCCC. The second kappa shape index (κ2) is 26.5. The number of carbonyl (C=O) groups is 1. The molecule has 0 aliphatic carbocycles. The summed E-state index contributed by atoms with van der Waals surface area (Å²) in [7, 11) is 0. The summed E-state index contributed by atoms with van der Waals surface area (Å²) in [5.74, 6) is -0.0859. The largest absolute Gasteiger partial charge is 0.394 e. The van der Waals surface area contributed by atoms with Gasteiger partial charge in [-0.2, -0.15) is 0 Å². The van der Waals surface area contributed by atoms with E-state index in [1.54, 1.807) is 6.08 Å². The van der Waals surface area contributed by atoms with Crippen LogP contribution < -0.4 is 5.32 Å². The first-order valence-electron chi connectivity index (χ1n) is 14.6. The van der Waals surface area contributed by atoms with E-state index in [2.05, 4.69) is 25.2 Å². The highest BCUT2D eigenvalue weighted by Crippen LogP contribution is 2.12. The summed E-state index contributed by atoms with van der Waals surface area (Å²) in [5.41, 5.74) is 0. The molecular weight excluding hydrogens is 422 g/mol. The number of unbranched alkanes of at least 4 members (excludes halogenated alkanes) is 17. The van der Waals surface area contributed by atoms with E-state index in [-0.39, 0.29) is 12.5 Å². The van der Waals surface area contributed by atoms with Gasteiger partial charge in [-0.1, -0.05) is 141 Å². The lowest BCUT2D eigenvalue weighted by atomic mass is 10.0. The molecule has 0 saturated heterocycles. The molecule has 0 radical (unpaired) electrons. The second-order valence-electron chi connectivity index (χ2n) is 9.86. The Bertz CT molecular complexity index is 489. The van der Waals surface area contributed by atoms with Gasteiger partial charge in [0.2, 0.25) is 5.91 Å². The first kappa shape index (κ1) is 32.9. The van der Waals surface area contributed by atoms with Crippen molar-refractivity contribution in [1.29, 1.82) is 0 Å². The summed E-state index contributed by atoms with van der Waals surface area (Å²) >= 11 is 0. The highest BCUT2D eigenvalue weighted by atomic mass is 16.3. The molecule has 200 valence electrons. The van der Waals surface area contributed by atoms with Crippen molar-refractivity contribution in [3.63, 3.8) is 0 Å². The van der Waals surface area contributed by atoms with Crippen molar-refractivity contribution in [3.8, 4) is 0 Å². The fourth-order valence-corrected chi connectivity index (χ4v) is 4.17. The summed E-state index contributed by atoms with van der Waals surface area (Å²) in [4.78, 5) is 12.2. The van der Waals surface area contributed by atoms with Crippen molar-refractivity contribution in [3.05, 3.63) is 24.3 Å². The van der Waals surface area contributed by atoms with Crippen LogP contribution in [0, 0.1) is 0 Å².